The van der Waals surface area contributed by atoms with Gasteiger partial charge in [-0.25, -0.2) is 0 Å². The Hall–Kier alpha value is 0.0300. The van der Waals surface area contributed by atoms with Gasteiger partial charge in [0.15, 0.2) is 0 Å². The Balaban J connectivity index is 2.49. The first-order valence-electron chi connectivity index (χ1n) is 5.87. The quantitative estimate of drug-likeness (QED) is 0.363. The van der Waals surface area contributed by atoms with Crippen LogP contribution in [0.4, 0.5) is 0 Å². The van der Waals surface area contributed by atoms with Gasteiger partial charge in [-0.15, -0.1) is 11.6 Å². The van der Waals surface area contributed by atoms with E-state index in [0.717, 1.165) is 30.5 Å². The fourth-order valence-electron chi connectivity index (χ4n) is 1.89. The summed E-state index contributed by atoms with van der Waals surface area (Å²) in [6, 6.07) is 9.82. The molecule has 20 heavy (non-hydrogen) atoms. The second kappa shape index (κ2) is 6.86. The van der Waals surface area contributed by atoms with Gasteiger partial charge in [0.1, 0.15) is 5.75 Å². The molecule has 0 spiro atoms. The van der Waals surface area contributed by atoms with Crippen molar-refractivity contribution in [1.29, 1.82) is 0 Å². The average molecular weight is 486 g/mol. The minimum absolute atomic E-state index is 0.309. The highest BCUT2D eigenvalue weighted by Crippen LogP contribution is 2.39. The molecule has 2 rings (SSSR count). The van der Waals surface area contributed by atoms with E-state index in [1.807, 2.05) is 37.3 Å². The predicted molar refractivity (Wildman–Crippen MR) is 97.3 cm³/mol. The minimum atomic E-state index is -0.309. The van der Waals surface area contributed by atoms with Crippen LogP contribution >= 0.6 is 61.7 Å². The van der Waals surface area contributed by atoms with Crippen molar-refractivity contribution in [2.24, 2.45) is 0 Å². The molecule has 0 heterocycles. The molecule has 0 aliphatic heterocycles. The van der Waals surface area contributed by atoms with Crippen molar-refractivity contribution < 1.29 is 4.74 Å². The summed E-state index contributed by atoms with van der Waals surface area (Å²) in [5.41, 5.74) is 2.98. The van der Waals surface area contributed by atoms with Gasteiger partial charge in [0.25, 0.3) is 0 Å². The smallest absolute Gasteiger partial charge is 0.124 e. The van der Waals surface area contributed by atoms with Crippen molar-refractivity contribution in [2.75, 3.05) is 7.11 Å². The topological polar surface area (TPSA) is 9.23 Å². The van der Waals surface area contributed by atoms with E-state index in [1.54, 1.807) is 7.11 Å². The van der Waals surface area contributed by atoms with E-state index in [2.05, 4.69) is 38.5 Å². The van der Waals surface area contributed by atoms with Gasteiger partial charge in [0.2, 0.25) is 0 Å². The van der Waals surface area contributed by atoms with Crippen molar-refractivity contribution in [1.82, 2.24) is 0 Å². The van der Waals surface area contributed by atoms with Gasteiger partial charge in [-0.3, -0.25) is 0 Å². The molecule has 1 atom stereocenters. The molecule has 1 nitrogen and oxygen atoms in total. The van der Waals surface area contributed by atoms with Crippen LogP contribution in [0, 0.1) is 10.5 Å². The number of benzene rings is 2. The van der Waals surface area contributed by atoms with Crippen molar-refractivity contribution in [3.05, 3.63) is 60.1 Å². The summed E-state index contributed by atoms with van der Waals surface area (Å²) in [7, 11) is 1.65. The lowest BCUT2D eigenvalue weighted by Gasteiger charge is -2.16. The summed E-state index contributed by atoms with van der Waals surface area (Å²) >= 11 is 18.5. The number of rotatable bonds is 3. The Labute approximate surface area is 150 Å². The first kappa shape index (κ1) is 16.4. The maximum atomic E-state index is 6.60. The maximum Gasteiger partial charge on any atom is 0.124 e. The van der Waals surface area contributed by atoms with Crippen LogP contribution in [0.5, 0.6) is 5.75 Å². The van der Waals surface area contributed by atoms with Crippen molar-refractivity contribution in [2.45, 2.75) is 12.3 Å². The second-order valence-electron chi connectivity index (χ2n) is 4.38. The molecule has 0 aliphatic rings. The monoisotopic (exact) mass is 484 g/mol. The zero-order valence-electron chi connectivity index (χ0n) is 10.9. The molecular formula is C15H12BrCl2IO. The Kier molecular flexibility index (Phi) is 5.63. The summed E-state index contributed by atoms with van der Waals surface area (Å²) in [6.45, 7) is 2.02. The molecule has 0 saturated heterocycles. The van der Waals surface area contributed by atoms with Crippen LogP contribution in [-0.2, 0) is 0 Å². The fraction of sp³-hybridized carbons (Fsp3) is 0.200. The first-order chi connectivity index (χ1) is 9.43. The highest BCUT2D eigenvalue weighted by Gasteiger charge is 2.18. The number of aryl methyl sites for hydroxylation is 1. The number of ether oxygens (including phenoxy) is 1. The first-order valence-corrected chi connectivity index (χ1v) is 8.55. The highest BCUT2D eigenvalue weighted by molar-refractivity contribution is 14.1. The van der Waals surface area contributed by atoms with E-state index in [0.29, 0.717) is 5.02 Å². The largest absolute Gasteiger partial charge is 0.496 e. The fourth-order valence-corrected chi connectivity index (χ4v) is 3.09. The minimum Gasteiger partial charge on any atom is -0.496 e. The van der Waals surface area contributed by atoms with Gasteiger partial charge in [-0.05, 0) is 64.9 Å². The van der Waals surface area contributed by atoms with E-state index in [1.165, 1.54) is 0 Å². The van der Waals surface area contributed by atoms with Crippen molar-refractivity contribution in [3.8, 4) is 5.75 Å². The van der Waals surface area contributed by atoms with Crippen molar-refractivity contribution in [3.63, 3.8) is 0 Å². The Bertz CT molecular complexity index is 646. The van der Waals surface area contributed by atoms with E-state index in [4.69, 9.17) is 27.9 Å². The number of halogens is 4. The summed E-state index contributed by atoms with van der Waals surface area (Å²) in [5, 5.41) is 0.398. The molecule has 0 radical (unpaired) electrons. The molecule has 0 bridgehead atoms. The summed E-state index contributed by atoms with van der Waals surface area (Å²) in [4.78, 5) is 0. The van der Waals surface area contributed by atoms with Crippen LogP contribution in [0.2, 0.25) is 5.02 Å². The van der Waals surface area contributed by atoms with Gasteiger partial charge in [0.05, 0.1) is 17.5 Å². The van der Waals surface area contributed by atoms with Gasteiger partial charge in [-0.2, -0.15) is 0 Å². The van der Waals surface area contributed by atoms with Crippen molar-refractivity contribution >= 4 is 61.7 Å². The molecule has 5 heteroatoms. The SMILES string of the molecule is COc1cc(C)c(Br)cc1C(Cl)c1ccc(I)c(Cl)c1. The Morgan fingerprint density at radius 3 is 2.55 bits per heavy atom. The van der Waals surface area contributed by atoms with E-state index < -0.39 is 0 Å². The van der Waals surface area contributed by atoms with Crippen LogP contribution in [0.1, 0.15) is 22.1 Å². The molecule has 0 aromatic heterocycles. The maximum absolute atomic E-state index is 6.60. The summed E-state index contributed by atoms with van der Waals surface area (Å²) < 4.78 is 7.46. The molecule has 2 aromatic rings. The molecule has 0 N–H and O–H groups in total. The average Bonchev–Trinajstić information content (AvgIpc) is 2.43. The molecule has 2 aromatic carbocycles. The normalized spacial score (nSPS) is 12.3. The predicted octanol–water partition coefficient (Wildman–Crippen LogP) is 6.35. The molecule has 0 saturated carbocycles. The number of methoxy groups -OCH3 is 1. The highest BCUT2D eigenvalue weighted by atomic mass is 127. The Morgan fingerprint density at radius 2 is 1.95 bits per heavy atom. The molecule has 106 valence electrons. The second-order valence-corrected chi connectivity index (χ2v) is 7.24. The van der Waals surface area contributed by atoms with Gasteiger partial charge >= 0.3 is 0 Å². The van der Waals surface area contributed by atoms with Gasteiger partial charge < -0.3 is 4.74 Å². The van der Waals surface area contributed by atoms with Crippen LogP contribution < -0.4 is 4.74 Å². The summed E-state index contributed by atoms with van der Waals surface area (Å²) in [6.07, 6.45) is 0. The summed E-state index contributed by atoms with van der Waals surface area (Å²) in [5.74, 6) is 0.778. The molecule has 0 fully saturated rings. The van der Waals surface area contributed by atoms with Crippen LogP contribution in [0.25, 0.3) is 0 Å². The van der Waals surface area contributed by atoms with Crippen LogP contribution in [-0.4, -0.2) is 7.11 Å². The molecule has 1 unspecified atom stereocenters. The standard InChI is InChI=1S/C15H12BrCl2IO/c1-8-5-14(20-2)10(7-11(8)16)15(18)9-3-4-13(19)12(17)6-9/h3-7,15H,1-2H3. The molecule has 0 amide bonds. The van der Waals surface area contributed by atoms with Crippen LogP contribution in [0.15, 0.2) is 34.8 Å². The molecule has 0 aliphatic carbocycles. The van der Waals surface area contributed by atoms with Gasteiger partial charge in [-0.1, -0.05) is 33.6 Å². The number of alkyl halides is 1. The molecular weight excluding hydrogens is 474 g/mol. The number of hydrogen-bond donors (Lipinski definition) is 0. The zero-order chi connectivity index (χ0) is 14.9. The van der Waals surface area contributed by atoms with Crippen LogP contribution in [0.3, 0.4) is 0 Å². The third-order valence-electron chi connectivity index (χ3n) is 3.02. The number of hydrogen-bond acceptors (Lipinski definition) is 1. The third-order valence-corrected chi connectivity index (χ3v) is 5.93. The van der Waals surface area contributed by atoms with E-state index in [9.17, 15) is 0 Å². The zero-order valence-corrected chi connectivity index (χ0v) is 16.1. The Morgan fingerprint density at radius 1 is 1.25 bits per heavy atom. The van der Waals surface area contributed by atoms with Gasteiger partial charge in [0, 0.05) is 13.6 Å². The van der Waals surface area contributed by atoms with E-state index >= 15 is 0 Å². The van der Waals surface area contributed by atoms with E-state index in [-0.39, 0.29) is 5.38 Å². The lowest BCUT2D eigenvalue weighted by molar-refractivity contribution is 0.409. The lowest BCUT2D eigenvalue weighted by Crippen LogP contribution is -1.99. The third kappa shape index (κ3) is 3.43. The lowest BCUT2D eigenvalue weighted by atomic mass is 10.0.